The zero-order chi connectivity index (χ0) is 14.0. The summed E-state index contributed by atoms with van der Waals surface area (Å²) in [5, 5.41) is 0. The van der Waals surface area contributed by atoms with Crippen molar-refractivity contribution in [1.82, 2.24) is 14.3 Å². The molecule has 1 heterocycles. The molecular weight excluding hydrogens is 330 g/mol. The number of hydrogen-bond acceptors (Lipinski definition) is 3. The van der Waals surface area contributed by atoms with Gasteiger partial charge in [-0.2, -0.15) is 4.31 Å². The van der Waals surface area contributed by atoms with Crippen LogP contribution in [-0.4, -0.2) is 29.7 Å². The number of sulfonamides is 1. The molecule has 0 amide bonds. The number of aromatic amines is 1. The number of benzene rings is 1. The summed E-state index contributed by atoms with van der Waals surface area (Å²) in [5.41, 5.74) is 0.717. The summed E-state index contributed by atoms with van der Waals surface area (Å²) in [6.07, 6.45) is 3.26. The van der Waals surface area contributed by atoms with Gasteiger partial charge in [-0.1, -0.05) is 22.0 Å². The standard InChI is InChI=1S/C12H14BrN3O2S/c1-9-3-4-10(13)7-11(9)19(17,18)16(2)8-12-14-5-6-15-12/h3-7H,8H2,1-2H3,(H,14,15). The zero-order valence-corrected chi connectivity index (χ0v) is 13.0. The number of aromatic nitrogens is 2. The molecule has 0 aliphatic heterocycles. The minimum absolute atomic E-state index is 0.210. The molecule has 0 radical (unpaired) electrons. The molecule has 0 bridgehead atoms. The minimum atomic E-state index is -3.52. The van der Waals surface area contributed by atoms with Crippen LogP contribution in [0.2, 0.25) is 0 Å². The lowest BCUT2D eigenvalue weighted by molar-refractivity contribution is 0.457. The molecule has 19 heavy (non-hydrogen) atoms. The number of nitrogens with zero attached hydrogens (tertiary/aromatic N) is 2. The summed E-state index contributed by atoms with van der Waals surface area (Å²) in [5.74, 6) is 0.610. The van der Waals surface area contributed by atoms with E-state index in [1.165, 1.54) is 11.4 Å². The van der Waals surface area contributed by atoms with E-state index >= 15 is 0 Å². The highest BCUT2D eigenvalue weighted by molar-refractivity contribution is 9.10. The maximum Gasteiger partial charge on any atom is 0.243 e. The van der Waals surface area contributed by atoms with E-state index in [2.05, 4.69) is 25.9 Å². The van der Waals surface area contributed by atoms with Crippen LogP contribution in [-0.2, 0) is 16.6 Å². The Morgan fingerprint density at radius 1 is 1.42 bits per heavy atom. The molecule has 0 atom stereocenters. The van der Waals surface area contributed by atoms with Crippen LogP contribution in [0.1, 0.15) is 11.4 Å². The molecule has 0 saturated heterocycles. The maximum atomic E-state index is 12.5. The van der Waals surface area contributed by atoms with Crippen LogP contribution < -0.4 is 0 Å². The second-order valence-corrected chi connectivity index (χ2v) is 7.14. The SMILES string of the molecule is Cc1ccc(Br)cc1S(=O)(=O)N(C)Cc1ncc[nH]1. The molecule has 0 aliphatic carbocycles. The highest BCUT2D eigenvalue weighted by atomic mass is 79.9. The second-order valence-electron chi connectivity index (χ2n) is 4.21. The molecule has 102 valence electrons. The Kier molecular flexibility index (Phi) is 4.07. The molecule has 1 N–H and O–H groups in total. The normalized spacial score (nSPS) is 12.0. The summed E-state index contributed by atoms with van der Waals surface area (Å²) < 4.78 is 27.0. The number of nitrogens with one attached hydrogen (secondary N) is 1. The summed E-state index contributed by atoms with van der Waals surface area (Å²) in [6, 6.07) is 5.21. The van der Waals surface area contributed by atoms with Crippen molar-refractivity contribution in [3.63, 3.8) is 0 Å². The van der Waals surface area contributed by atoms with Crippen LogP contribution in [0.3, 0.4) is 0 Å². The molecule has 1 aromatic heterocycles. The van der Waals surface area contributed by atoms with E-state index in [1.54, 1.807) is 31.5 Å². The second kappa shape index (κ2) is 5.44. The Morgan fingerprint density at radius 3 is 2.79 bits per heavy atom. The van der Waals surface area contributed by atoms with Crippen LogP contribution in [0, 0.1) is 6.92 Å². The monoisotopic (exact) mass is 343 g/mol. The Balaban J connectivity index is 2.33. The van der Waals surface area contributed by atoms with Crippen molar-refractivity contribution < 1.29 is 8.42 Å². The fourth-order valence-corrected chi connectivity index (χ4v) is 3.59. The fourth-order valence-electron chi connectivity index (χ4n) is 1.70. The smallest absolute Gasteiger partial charge is 0.243 e. The van der Waals surface area contributed by atoms with Crippen LogP contribution >= 0.6 is 15.9 Å². The number of aryl methyl sites for hydroxylation is 1. The van der Waals surface area contributed by atoms with E-state index in [9.17, 15) is 8.42 Å². The quantitative estimate of drug-likeness (QED) is 0.926. The first-order valence-electron chi connectivity index (χ1n) is 5.62. The van der Waals surface area contributed by atoms with Gasteiger partial charge in [-0.05, 0) is 24.6 Å². The predicted octanol–water partition coefficient (Wildman–Crippen LogP) is 2.30. The number of imidazole rings is 1. The molecule has 2 aromatic rings. The van der Waals surface area contributed by atoms with E-state index in [1.807, 2.05) is 6.07 Å². The van der Waals surface area contributed by atoms with Gasteiger partial charge in [0.15, 0.2) is 0 Å². The minimum Gasteiger partial charge on any atom is -0.347 e. The van der Waals surface area contributed by atoms with Gasteiger partial charge >= 0.3 is 0 Å². The van der Waals surface area contributed by atoms with E-state index in [0.717, 1.165) is 10.0 Å². The van der Waals surface area contributed by atoms with Crippen molar-refractivity contribution >= 4 is 26.0 Å². The van der Waals surface area contributed by atoms with Crippen LogP contribution in [0.5, 0.6) is 0 Å². The summed E-state index contributed by atoms with van der Waals surface area (Å²) >= 11 is 3.30. The molecule has 0 aliphatic rings. The molecular formula is C12H14BrN3O2S. The van der Waals surface area contributed by atoms with E-state index in [-0.39, 0.29) is 6.54 Å². The summed E-state index contributed by atoms with van der Waals surface area (Å²) in [6.45, 7) is 1.99. The largest absolute Gasteiger partial charge is 0.347 e. The van der Waals surface area contributed by atoms with Gasteiger partial charge in [0.25, 0.3) is 0 Å². The molecule has 7 heteroatoms. The first-order valence-corrected chi connectivity index (χ1v) is 7.85. The summed E-state index contributed by atoms with van der Waals surface area (Å²) in [7, 11) is -1.99. The Morgan fingerprint density at radius 2 is 2.16 bits per heavy atom. The molecule has 0 unspecified atom stereocenters. The molecule has 2 rings (SSSR count). The van der Waals surface area contributed by atoms with E-state index < -0.39 is 10.0 Å². The zero-order valence-electron chi connectivity index (χ0n) is 10.6. The molecule has 0 fully saturated rings. The Bertz CT molecular complexity index is 668. The maximum absolute atomic E-state index is 12.5. The van der Waals surface area contributed by atoms with Gasteiger partial charge in [-0.25, -0.2) is 13.4 Å². The lowest BCUT2D eigenvalue weighted by Gasteiger charge is -2.17. The van der Waals surface area contributed by atoms with E-state index in [0.29, 0.717) is 10.7 Å². The van der Waals surface area contributed by atoms with Gasteiger partial charge in [-0.15, -0.1) is 0 Å². The lowest BCUT2D eigenvalue weighted by atomic mass is 10.2. The average Bonchev–Trinajstić information content (AvgIpc) is 2.85. The van der Waals surface area contributed by atoms with Gasteiger partial charge in [0, 0.05) is 23.9 Å². The number of halogens is 1. The van der Waals surface area contributed by atoms with Crippen LogP contribution in [0.25, 0.3) is 0 Å². The summed E-state index contributed by atoms with van der Waals surface area (Å²) in [4.78, 5) is 7.23. The molecule has 0 saturated carbocycles. The van der Waals surface area contributed by atoms with Gasteiger partial charge in [0.1, 0.15) is 5.82 Å². The van der Waals surface area contributed by atoms with Crippen molar-refractivity contribution in [3.05, 3.63) is 46.5 Å². The van der Waals surface area contributed by atoms with Crippen molar-refractivity contribution in [2.45, 2.75) is 18.4 Å². The van der Waals surface area contributed by atoms with Crippen LogP contribution in [0.15, 0.2) is 40.0 Å². The molecule has 0 spiro atoms. The highest BCUT2D eigenvalue weighted by Gasteiger charge is 2.23. The first kappa shape index (κ1) is 14.2. The van der Waals surface area contributed by atoms with E-state index in [4.69, 9.17) is 0 Å². The van der Waals surface area contributed by atoms with Gasteiger partial charge in [-0.3, -0.25) is 0 Å². The third-order valence-electron chi connectivity index (χ3n) is 2.77. The third-order valence-corrected chi connectivity index (χ3v) is 5.20. The Labute approximate surface area is 120 Å². The van der Waals surface area contributed by atoms with Gasteiger partial charge in [0.05, 0.1) is 11.4 Å². The van der Waals surface area contributed by atoms with Gasteiger partial charge < -0.3 is 4.98 Å². The number of hydrogen-bond donors (Lipinski definition) is 1. The fraction of sp³-hybridized carbons (Fsp3) is 0.250. The van der Waals surface area contributed by atoms with Crippen LogP contribution in [0.4, 0.5) is 0 Å². The average molecular weight is 344 g/mol. The topological polar surface area (TPSA) is 66.1 Å². The Hall–Kier alpha value is -1.18. The molecule has 1 aromatic carbocycles. The van der Waals surface area contributed by atoms with Crippen molar-refractivity contribution in [3.8, 4) is 0 Å². The van der Waals surface area contributed by atoms with Crippen molar-refractivity contribution in [1.29, 1.82) is 0 Å². The molecule has 5 nitrogen and oxygen atoms in total. The number of rotatable bonds is 4. The predicted molar refractivity (Wildman–Crippen MR) is 76.1 cm³/mol. The third kappa shape index (κ3) is 3.05. The lowest BCUT2D eigenvalue weighted by Crippen LogP contribution is -2.27. The highest BCUT2D eigenvalue weighted by Crippen LogP contribution is 2.23. The number of H-pyrrole nitrogens is 1. The van der Waals surface area contributed by atoms with Gasteiger partial charge in [0.2, 0.25) is 10.0 Å². The van der Waals surface area contributed by atoms with Crippen molar-refractivity contribution in [2.75, 3.05) is 7.05 Å². The van der Waals surface area contributed by atoms with Crippen molar-refractivity contribution in [2.24, 2.45) is 0 Å². The first-order chi connectivity index (χ1) is 8.91.